The lowest BCUT2D eigenvalue weighted by atomic mass is 10.1. The Balaban J connectivity index is 0.894. The lowest BCUT2D eigenvalue weighted by Crippen LogP contribution is -2.42. The van der Waals surface area contributed by atoms with Crippen molar-refractivity contribution < 1.29 is 14.3 Å². The zero-order chi connectivity index (χ0) is 37.7. The summed E-state index contributed by atoms with van der Waals surface area (Å²) in [5.74, 6) is 8.20. The van der Waals surface area contributed by atoms with E-state index in [1.807, 2.05) is 67.0 Å². The second-order valence-electron chi connectivity index (χ2n) is 14.9. The Morgan fingerprint density at radius 2 is 1.36 bits per heavy atom. The fraction of sp³-hybridized carbons (Fsp3) is 0.364. The van der Waals surface area contributed by atoms with Gasteiger partial charge in [-0.25, -0.2) is 14.8 Å². The van der Waals surface area contributed by atoms with Crippen LogP contribution >= 0.6 is 0 Å². The number of likely N-dealkylation sites (tertiary alicyclic amines) is 3. The Hall–Kier alpha value is -5.70. The predicted octanol–water partition coefficient (Wildman–Crippen LogP) is 6.86. The molecule has 5 aromatic rings. The maximum Gasteiger partial charge on any atom is 0.407 e. The van der Waals surface area contributed by atoms with Crippen LogP contribution in [-0.2, 0) is 9.53 Å². The Bertz CT molecular complexity index is 2150. The van der Waals surface area contributed by atoms with Gasteiger partial charge in [-0.2, -0.15) is 0 Å². The first-order valence-corrected chi connectivity index (χ1v) is 19.4. The van der Waals surface area contributed by atoms with Crippen LogP contribution in [0.1, 0.15) is 85.0 Å². The number of likely N-dealkylation sites (N-methyl/N-ethyl adjacent to an activating group) is 1. The van der Waals surface area contributed by atoms with Gasteiger partial charge in [-0.05, 0) is 99.6 Å². The van der Waals surface area contributed by atoms with E-state index in [2.05, 4.69) is 68.2 Å². The second kappa shape index (κ2) is 16.3. The number of aromatic nitrogens is 4. The first-order chi connectivity index (χ1) is 26.9. The van der Waals surface area contributed by atoms with E-state index in [1.54, 1.807) is 4.90 Å². The summed E-state index contributed by atoms with van der Waals surface area (Å²) < 4.78 is 4.82. The number of rotatable bonds is 9. The summed E-state index contributed by atoms with van der Waals surface area (Å²) in [4.78, 5) is 49.6. The maximum absolute atomic E-state index is 13.8. The number of hydrogen-bond donors (Lipinski definition) is 3. The first kappa shape index (κ1) is 36.3. The predicted molar refractivity (Wildman–Crippen MR) is 212 cm³/mol. The Morgan fingerprint density at radius 3 is 1.96 bits per heavy atom. The molecule has 11 heteroatoms. The normalized spacial score (nSPS) is 20.6. The molecule has 4 atom stereocenters. The number of H-pyrrole nitrogens is 2. The number of carbonyl (C=O) groups is 2. The molecule has 0 unspecified atom stereocenters. The van der Waals surface area contributed by atoms with Crippen LogP contribution in [0.4, 0.5) is 4.79 Å². The van der Waals surface area contributed by atoms with Crippen LogP contribution in [0.3, 0.4) is 0 Å². The highest BCUT2D eigenvalue weighted by atomic mass is 16.5. The Kier molecular flexibility index (Phi) is 10.8. The molecule has 0 aliphatic carbocycles. The van der Waals surface area contributed by atoms with Crippen LogP contribution in [0, 0.1) is 11.8 Å². The van der Waals surface area contributed by atoms with Crippen LogP contribution in [0.2, 0.25) is 0 Å². The lowest BCUT2D eigenvalue weighted by Gasteiger charge is -2.29. The third-order valence-corrected chi connectivity index (χ3v) is 11.4. The third kappa shape index (κ3) is 8.07. The molecule has 2 aromatic heterocycles. The quantitative estimate of drug-likeness (QED) is 0.142. The van der Waals surface area contributed by atoms with Gasteiger partial charge in [0, 0.05) is 30.3 Å². The number of alkyl carbamates (subject to hydrolysis) is 1. The van der Waals surface area contributed by atoms with Gasteiger partial charge in [-0.15, -0.1) is 0 Å². The van der Waals surface area contributed by atoms with E-state index < -0.39 is 12.1 Å². The standard InChI is InChI=1S/C44H48N8O3/c1-50-24-6-11-35(50)29-51-25-7-12-38(51)41-45-27-36(47-41)32-20-16-30(17-21-32)14-15-31-18-22-33(23-19-31)37-28-46-42(48-37)39-13-8-26-52(39)43(53)40(49-44(54)55-2)34-9-4-3-5-10-34/h3-5,9-10,16-23,27-28,35,38-40H,6-8,11-13,24-26,29H2,1-2H3,(H,45,47)(H,46,48)(H,49,54)/t35-,38-,39-,40+/m0/s1. The molecule has 3 fully saturated rings. The zero-order valence-corrected chi connectivity index (χ0v) is 31.5. The Morgan fingerprint density at radius 1 is 0.782 bits per heavy atom. The molecule has 8 rings (SSSR count). The van der Waals surface area contributed by atoms with Gasteiger partial charge in [0.25, 0.3) is 5.91 Å². The molecular weight excluding hydrogens is 689 g/mol. The third-order valence-electron chi connectivity index (χ3n) is 11.4. The SMILES string of the molecule is COC(=O)N[C@@H](C(=O)N1CCC[C@H]1c1ncc(-c2ccc(C#Cc3ccc(-c4cnc([C@@H]5CCCN5C[C@@H]5CCCN5C)[nH]4)cc3)cc2)[nH]1)c1ccccc1. The van der Waals surface area contributed by atoms with Gasteiger partial charge in [0.05, 0.1) is 43.0 Å². The summed E-state index contributed by atoms with van der Waals surface area (Å²) in [5, 5.41) is 2.72. The molecule has 0 saturated carbocycles. The first-order valence-electron chi connectivity index (χ1n) is 19.4. The minimum atomic E-state index is -0.860. The van der Waals surface area contributed by atoms with E-state index in [0.717, 1.165) is 77.6 Å². The number of ether oxygens (including phenoxy) is 1. The highest BCUT2D eigenvalue weighted by molar-refractivity contribution is 5.87. The van der Waals surface area contributed by atoms with Gasteiger partial charge >= 0.3 is 6.09 Å². The van der Waals surface area contributed by atoms with Crippen molar-refractivity contribution >= 4 is 12.0 Å². The van der Waals surface area contributed by atoms with Crippen molar-refractivity contribution in [2.24, 2.45) is 0 Å². The lowest BCUT2D eigenvalue weighted by molar-refractivity contribution is -0.134. The van der Waals surface area contributed by atoms with E-state index in [-0.39, 0.29) is 11.9 Å². The van der Waals surface area contributed by atoms with Crippen LogP contribution in [0.15, 0.2) is 91.3 Å². The van der Waals surface area contributed by atoms with Crippen molar-refractivity contribution in [3.8, 4) is 34.4 Å². The van der Waals surface area contributed by atoms with Crippen LogP contribution in [0.25, 0.3) is 22.5 Å². The largest absolute Gasteiger partial charge is 0.453 e. The van der Waals surface area contributed by atoms with Crippen molar-refractivity contribution in [2.45, 2.75) is 62.7 Å². The molecule has 2 amide bonds. The summed E-state index contributed by atoms with van der Waals surface area (Å²) in [7, 11) is 3.55. The van der Waals surface area contributed by atoms with Gasteiger partial charge in [0.1, 0.15) is 17.7 Å². The number of nitrogens with one attached hydrogen (secondary N) is 3. The molecule has 0 spiro atoms. The average molecular weight is 737 g/mol. The highest BCUT2D eigenvalue weighted by Gasteiger charge is 2.37. The van der Waals surface area contributed by atoms with E-state index in [0.29, 0.717) is 24.2 Å². The minimum absolute atomic E-state index is 0.195. The van der Waals surface area contributed by atoms with Crippen LogP contribution in [-0.4, -0.2) is 93.0 Å². The van der Waals surface area contributed by atoms with Crippen molar-refractivity contribution in [3.05, 3.63) is 120 Å². The molecule has 0 radical (unpaired) electrons. The molecule has 3 N–H and O–H groups in total. The number of aromatic amines is 2. The molecule has 3 aromatic carbocycles. The molecule has 55 heavy (non-hydrogen) atoms. The van der Waals surface area contributed by atoms with E-state index in [4.69, 9.17) is 14.7 Å². The van der Waals surface area contributed by atoms with Gasteiger partial charge in [0.2, 0.25) is 0 Å². The van der Waals surface area contributed by atoms with Crippen LogP contribution < -0.4 is 5.32 Å². The smallest absolute Gasteiger partial charge is 0.407 e. The number of benzene rings is 3. The van der Waals surface area contributed by atoms with Crippen molar-refractivity contribution in [1.82, 2.24) is 40.0 Å². The number of nitrogens with zero attached hydrogens (tertiary/aromatic N) is 5. The topological polar surface area (TPSA) is 122 Å². The maximum atomic E-state index is 13.8. The van der Waals surface area contributed by atoms with Gasteiger partial charge in [0.15, 0.2) is 0 Å². The van der Waals surface area contributed by atoms with Crippen molar-refractivity contribution in [1.29, 1.82) is 0 Å². The van der Waals surface area contributed by atoms with Crippen molar-refractivity contribution in [3.63, 3.8) is 0 Å². The van der Waals surface area contributed by atoms with E-state index in [1.165, 1.54) is 32.9 Å². The molecule has 5 heterocycles. The van der Waals surface area contributed by atoms with E-state index >= 15 is 0 Å². The Labute approximate surface area is 322 Å². The summed E-state index contributed by atoms with van der Waals surface area (Å²) >= 11 is 0. The number of carbonyl (C=O) groups excluding carboxylic acids is 2. The van der Waals surface area contributed by atoms with Gasteiger partial charge < -0.3 is 29.8 Å². The summed E-state index contributed by atoms with van der Waals surface area (Å²) in [6, 6.07) is 25.6. The summed E-state index contributed by atoms with van der Waals surface area (Å²) in [6.45, 7) is 4.04. The number of amides is 2. The molecular formula is C44H48N8O3. The molecule has 282 valence electrons. The number of imidazole rings is 2. The fourth-order valence-corrected chi connectivity index (χ4v) is 8.34. The monoisotopic (exact) mass is 736 g/mol. The highest BCUT2D eigenvalue weighted by Crippen LogP contribution is 2.35. The number of hydrogen-bond acceptors (Lipinski definition) is 7. The van der Waals surface area contributed by atoms with Gasteiger partial charge in [-0.1, -0.05) is 66.4 Å². The molecule has 11 nitrogen and oxygen atoms in total. The van der Waals surface area contributed by atoms with Crippen LogP contribution in [0.5, 0.6) is 0 Å². The molecule has 3 saturated heterocycles. The summed E-state index contributed by atoms with van der Waals surface area (Å²) in [5.41, 5.74) is 6.53. The molecule has 3 aliphatic heterocycles. The number of methoxy groups -OCH3 is 1. The second-order valence-corrected chi connectivity index (χ2v) is 14.9. The zero-order valence-electron chi connectivity index (χ0n) is 31.5. The fourth-order valence-electron chi connectivity index (χ4n) is 8.34. The van der Waals surface area contributed by atoms with Crippen molar-refractivity contribution in [2.75, 3.05) is 40.3 Å². The minimum Gasteiger partial charge on any atom is -0.453 e. The van der Waals surface area contributed by atoms with E-state index in [9.17, 15) is 9.59 Å². The average Bonchev–Trinajstić information content (AvgIpc) is 4.08. The summed E-state index contributed by atoms with van der Waals surface area (Å²) in [6.07, 6.45) is 9.69. The van der Waals surface area contributed by atoms with Gasteiger partial charge in [-0.3, -0.25) is 9.69 Å². The molecule has 0 bridgehead atoms. The molecule has 3 aliphatic rings.